The Hall–Kier alpha value is -1.25. The van der Waals surface area contributed by atoms with E-state index in [0.717, 1.165) is 41.9 Å². The van der Waals surface area contributed by atoms with Crippen molar-refractivity contribution >= 4 is 5.91 Å². The molecule has 0 bridgehead atoms. The number of carbonyl (C=O) groups excluding carboxylic acids is 1. The Morgan fingerprint density at radius 3 is 2.33 bits per heavy atom. The number of carbonyl (C=O) groups is 1. The Labute approximate surface area is 109 Å². The van der Waals surface area contributed by atoms with Gasteiger partial charge in [-0.3, -0.25) is 4.79 Å². The third kappa shape index (κ3) is 1.96. The average molecular weight is 246 g/mol. The van der Waals surface area contributed by atoms with E-state index in [9.17, 15) is 4.79 Å². The molecule has 1 N–H and O–H groups in total. The molecule has 0 radical (unpaired) electrons. The quantitative estimate of drug-likeness (QED) is 0.812. The van der Waals surface area contributed by atoms with Crippen LogP contribution in [0.5, 0.6) is 0 Å². The number of hydrogen-bond donors (Lipinski definition) is 1. The molecule has 3 nitrogen and oxygen atoms in total. The lowest BCUT2D eigenvalue weighted by Gasteiger charge is -2.22. The Bertz CT molecular complexity index is 449. The zero-order chi connectivity index (χ0) is 12.7. The van der Waals surface area contributed by atoms with E-state index < -0.39 is 0 Å². The summed E-state index contributed by atoms with van der Waals surface area (Å²) >= 11 is 0. The van der Waals surface area contributed by atoms with Crippen molar-refractivity contribution in [1.82, 2.24) is 9.88 Å². The number of nitrogens with one attached hydrogen (secondary N) is 1. The molecule has 2 fully saturated rings. The number of rotatable bonds is 1. The standard InChI is InChI=1S/C15H22N2O/c1-10-7-11(2)16-14(10)15(18)17-8-12-5-3-4-6-13(12)9-17/h7,12-13,16H,3-6,8-9H2,1-2H3. The summed E-state index contributed by atoms with van der Waals surface area (Å²) in [7, 11) is 0. The molecule has 2 atom stereocenters. The van der Waals surface area contributed by atoms with Crippen LogP contribution < -0.4 is 0 Å². The molecule has 0 aromatic carbocycles. The van der Waals surface area contributed by atoms with Gasteiger partial charge in [-0.1, -0.05) is 12.8 Å². The summed E-state index contributed by atoms with van der Waals surface area (Å²) in [5.41, 5.74) is 2.95. The van der Waals surface area contributed by atoms with Crippen molar-refractivity contribution < 1.29 is 4.79 Å². The van der Waals surface area contributed by atoms with E-state index in [-0.39, 0.29) is 5.91 Å². The van der Waals surface area contributed by atoms with Crippen LogP contribution in [0, 0.1) is 25.7 Å². The minimum Gasteiger partial charge on any atom is -0.354 e. The van der Waals surface area contributed by atoms with Crippen LogP contribution >= 0.6 is 0 Å². The third-order valence-electron chi connectivity index (χ3n) is 4.63. The first kappa shape index (κ1) is 11.8. The van der Waals surface area contributed by atoms with E-state index in [2.05, 4.69) is 16.0 Å². The lowest BCUT2D eigenvalue weighted by molar-refractivity contribution is 0.0778. The number of nitrogens with zero attached hydrogens (tertiary/aromatic N) is 1. The van der Waals surface area contributed by atoms with Crippen LogP contribution in [0.25, 0.3) is 0 Å². The van der Waals surface area contributed by atoms with E-state index in [1.165, 1.54) is 25.7 Å². The number of hydrogen-bond acceptors (Lipinski definition) is 1. The first-order valence-electron chi connectivity index (χ1n) is 7.10. The Kier molecular flexibility index (Phi) is 2.92. The predicted octanol–water partition coefficient (Wildman–Crippen LogP) is 2.89. The SMILES string of the molecule is Cc1cc(C)c(C(=O)N2CC3CCCCC3C2)[nH]1. The molecule has 0 spiro atoms. The van der Waals surface area contributed by atoms with E-state index in [1.807, 2.05) is 13.8 Å². The summed E-state index contributed by atoms with van der Waals surface area (Å²) in [6, 6.07) is 2.05. The summed E-state index contributed by atoms with van der Waals surface area (Å²) in [6.45, 7) is 5.97. The van der Waals surface area contributed by atoms with Crippen molar-refractivity contribution in [3.63, 3.8) is 0 Å². The van der Waals surface area contributed by atoms with Crippen molar-refractivity contribution in [1.29, 1.82) is 0 Å². The highest BCUT2D eigenvalue weighted by Crippen LogP contribution is 2.36. The fourth-order valence-corrected chi connectivity index (χ4v) is 3.68. The molecule has 3 rings (SSSR count). The fraction of sp³-hybridized carbons (Fsp3) is 0.667. The summed E-state index contributed by atoms with van der Waals surface area (Å²) in [6.07, 6.45) is 5.34. The fourth-order valence-electron chi connectivity index (χ4n) is 3.68. The highest BCUT2D eigenvalue weighted by atomic mass is 16.2. The van der Waals surface area contributed by atoms with Crippen LogP contribution in [0.1, 0.15) is 47.4 Å². The molecule has 98 valence electrons. The largest absolute Gasteiger partial charge is 0.354 e. The lowest BCUT2D eigenvalue weighted by atomic mass is 9.82. The predicted molar refractivity (Wildman–Crippen MR) is 71.6 cm³/mol. The first-order chi connectivity index (χ1) is 8.65. The maximum Gasteiger partial charge on any atom is 0.270 e. The van der Waals surface area contributed by atoms with Gasteiger partial charge in [-0.05, 0) is 50.2 Å². The van der Waals surface area contributed by atoms with Gasteiger partial charge in [0.15, 0.2) is 0 Å². The van der Waals surface area contributed by atoms with Gasteiger partial charge in [-0.25, -0.2) is 0 Å². The second kappa shape index (κ2) is 4.45. The van der Waals surface area contributed by atoms with Crippen molar-refractivity contribution in [3.05, 3.63) is 23.0 Å². The van der Waals surface area contributed by atoms with Gasteiger partial charge < -0.3 is 9.88 Å². The van der Waals surface area contributed by atoms with Gasteiger partial charge in [-0.2, -0.15) is 0 Å². The summed E-state index contributed by atoms with van der Waals surface area (Å²) in [5.74, 6) is 1.73. The topological polar surface area (TPSA) is 36.1 Å². The summed E-state index contributed by atoms with van der Waals surface area (Å²) in [4.78, 5) is 17.8. The molecule has 2 unspecified atom stereocenters. The van der Waals surface area contributed by atoms with Crippen LogP contribution in [0.3, 0.4) is 0 Å². The Morgan fingerprint density at radius 2 is 1.83 bits per heavy atom. The van der Waals surface area contributed by atoms with E-state index in [4.69, 9.17) is 0 Å². The van der Waals surface area contributed by atoms with Crippen molar-refractivity contribution in [2.24, 2.45) is 11.8 Å². The van der Waals surface area contributed by atoms with E-state index >= 15 is 0 Å². The molecule has 2 heterocycles. The van der Waals surface area contributed by atoms with Gasteiger partial charge in [-0.15, -0.1) is 0 Å². The molecule has 1 amide bonds. The van der Waals surface area contributed by atoms with E-state index in [1.54, 1.807) is 0 Å². The zero-order valence-electron chi connectivity index (χ0n) is 11.3. The molecule has 2 aliphatic rings. The molecular weight excluding hydrogens is 224 g/mol. The maximum absolute atomic E-state index is 12.5. The van der Waals surface area contributed by atoms with Crippen LogP contribution in [0.4, 0.5) is 0 Å². The average Bonchev–Trinajstić information content (AvgIpc) is 2.91. The Balaban J connectivity index is 1.76. The number of aromatic amines is 1. The zero-order valence-corrected chi connectivity index (χ0v) is 11.3. The maximum atomic E-state index is 12.5. The molecule has 1 aliphatic heterocycles. The second-order valence-corrected chi connectivity index (χ2v) is 6.03. The lowest BCUT2D eigenvalue weighted by Crippen LogP contribution is -2.29. The van der Waals surface area contributed by atoms with Crippen LogP contribution in [0.15, 0.2) is 6.07 Å². The normalized spacial score (nSPS) is 27.3. The highest BCUT2D eigenvalue weighted by Gasteiger charge is 2.37. The van der Waals surface area contributed by atoms with Gasteiger partial charge in [0, 0.05) is 18.8 Å². The van der Waals surface area contributed by atoms with Crippen molar-refractivity contribution in [3.8, 4) is 0 Å². The second-order valence-electron chi connectivity index (χ2n) is 6.03. The minimum absolute atomic E-state index is 0.204. The molecule has 1 aromatic heterocycles. The van der Waals surface area contributed by atoms with Crippen LogP contribution in [-0.4, -0.2) is 28.9 Å². The van der Waals surface area contributed by atoms with Gasteiger partial charge in [0.05, 0.1) is 0 Å². The first-order valence-corrected chi connectivity index (χ1v) is 7.10. The van der Waals surface area contributed by atoms with Crippen LogP contribution in [-0.2, 0) is 0 Å². The van der Waals surface area contributed by atoms with Crippen molar-refractivity contribution in [2.75, 3.05) is 13.1 Å². The molecule has 1 aliphatic carbocycles. The minimum atomic E-state index is 0.204. The monoisotopic (exact) mass is 246 g/mol. The summed E-state index contributed by atoms with van der Waals surface area (Å²) in [5, 5.41) is 0. The van der Waals surface area contributed by atoms with E-state index in [0.29, 0.717) is 0 Å². The van der Waals surface area contributed by atoms with Crippen molar-refractivity contribution in [2.45, 2.75) is 39.5 Å². The van der Waals surface area contributed by atoms with Gasteiger partial charge >= 0.3 is 0 Å². The highest BCUT2D eigenvalue weighted by molar-refractivity contribution is 5.94. The number of fused-ring (bicyclic) bond motifs is 1. The molecule has 18 heavy (non-hydrogen) atoms. The van der Waals surface area contributed by atoms with Gasteiger partial charge in [0.2, 0.25) is 0 Å². The van der Waals surface area contributed by atoms with Gasteiger partial charge in [0.1, 0.15) is 5.69 Å². The number of likely N-dealkylation sites (tertiary alicyclic amines) is 1. The molecule has 1 saturated carbocycles. The molecule has 3 heteroatoms. The van der Waals surface area contributed by atoms with Gasteiger partial charge in [0.25, 0.3) is 5.91 Å². The number of aromatic nitrogens is 1. The molecular formula is C15H22N2O. The third-order valence-corrected chi connectivity index (χ3v) is 4.63. The summed E-state index contributed by atoms with van der Waals surface area (Å²) < 4.78 is 0. The number of aryl methyl sites for hydroxylation is 2. The van der Waals surface area contributed by atoms with Crippen LogP contribution in [0.2, 0.25) is 0 Å². The Morgan fingerprint density at radius 1 is 1.22 bits per heavy atom. The molecule has 1 aromatic rings. The number of H-pyrrole nitrogens is 1. The number of amides is 1. The smallest absolute Gasteiger partial charge is 0.270 e. The molecule has 1 saturated heterocycles.